The smallest absolute Gasteiger partial charge is 0.224 e. The molecule has 26 heavy (non-hydrogen) atoms. The fourth-order valence-corrected chi connectivity index (χ4v) is 3.51. The van der Waals surface area contributed by atoms with E-state index in [1.807, 2.05) is 18.2 Å². The van der Waals surface area contributed by atoms with E-state index in [2.05, 4.69) is 17.6 Å². The summed E-state index contributed by atoms with van der Waals surface area (Å²) in [6.07, 6.45) is 1.80. The summed E-state index contributed by atoms with van der Waals surface area (Å²) in [4.78, 5) is 23.6. The van der Waals surface area contributed by atoms with Gasteiger partial charge in [-0.25, -0.2) is 4.39 Å². The summed E-state index contributed by atoms with van der Waals surface area (Å²) in [5.74, 6) is -0.156. The van der Waals surface area contributed by atoms with Crippen LogP contribution in [-0.2, 0) is 22.4 Å². The van der Waals surface area contributed by atoms with Crippen LogP contribution >= 0.6 is 0 Å². The predicted octanol–water partition coefficient (Wildman–Crippen LogP) is 3.77. The molecule has 1 aliphatic rings. The summed E-state index contributed by atoms with van der Waals surface area (Å²) in [5, 5.41) is 5.77. The van der Waals surface area contributed by atoms with Crippen molar-refractivity contribution < 1.29 is 14.0 Å². The first-order valence-corrected chi connectivity index (χ1v) is 8.87. The first kappa shape index (κ1) is 18.1. The van der Waals surface area contributed by atoms with Gasteiger partial charge in [0.1, 0.15) is 5.82 Å². The SMILES string of the molecule is CC(=O)Nc1ccc(CC(=O)N[C@@H]2c3cccc(F)c3CC[C@@H]2C)cc1. The van der Waals surface area contributed by atoms with Gasteiger partial charge in [-0.3, -0.25) is 9.59 Å². The molecule has 0 aromatic heterocycles. The molecule has 2 amide bonds. The van der Waals surface area contributed by atoms with Gasteiger partial charge in [-0.2, -0.15) is 0 Å². The van der Waals surface area contributed by atoms with Crippen LogP contribution in [0, 0.1) is 11.7 Å². The number of carbonyl (C=O) groups excluding carboxylic acids is 2. The Bertz CT molecular complexity index is 817. The molecule has 0 bridgehead atoms. The third-order valence-electron chi connectivity index (χ3n) is 4.86. The fourth-order valence-electron chi connectivity index (χ4n) is 3.51. The largest absolute Gasteiger partial charge is 0.349 e. The van der Waals surface area contributed by atoms with Crippen molar-refractivity contribution in [3.8, 4) is 0 Å². The molecule has 0 radical (unpaired) electrons. The van der Waals surface area contributed by atoms with Crippen molar-refractivity contribution in [2.75, 3.05) is 5.32 Å². The lowest BCUT2D eigenvalue weighted by Gasteiger charge is -2.32. The Morgan fingerprint density at radius 1 is 1.15 bits per heavy atom. The minimum Gasteiger partial charge on any atom is -0.349 e. The second kappa shape index (κ2) is 7.68. The van der Waals surface area contributed by atoms with E-state index in [-0.39, 0.29) is 36.0 Å². The number of rotatable bonds is 4. The van der Waals surface area contributed by atoms with Gasteiger partial charge in [-0.05, 0) is 53.6 Å². The van der Waals surface area contributed by atoms with Gasteiger partial charge in [0.2, 0.25) is 11.8 Å². The molecule has 1 aliphatic carbocycles. The fraction of sp³-hybridized carbons (Fsp3) is 0.333. The van der Waals surface area contributed by atoms with E-state index in [0.717, 1.165) is 23.1 Å². The van der Waals surface area contributed by atoms with E-state index >= 15 is 0 Å². The number of hydrogen-bond donors (Lipinski definition) is 2. The van der Waals surface area contributed by atoms with Gasteiger partial charge in [0, 0.05) is 12.6 Å². The lowest BCUT2D eigenvalue weighted by Crippen LogP contribution is -2.36. The molecular formula is C21H23FN2O2. The molecular weight excluding hydrogens is 331 g/mol. The van der Waals surface area contributed by atoms with Crippen LogP contribution in [-0.4, -0.2) is 11.8 Å². The lowest BCUT2D eigenvalue weighted by molar-refractivity contribution is -0.121. The molecule has 0 fully saturated rings. The summed E-state index contributed by atoms with van der Waals surface area (Å²) in [6.45, 7) is 3.54. The third-order valence-corrected chi connectivity index (χ3v) is 4.86. The van der Waals surface area contributed by atoms with E-state index in [1.54, 1.807) is 18.2 Å². The number of carbonyl (C=O) groups is 2. The predicted molar refractivity (Wildman–Crippen MR) is 99.2 cm³/mol. The number of anilines is 1. The zero-order valence-electron chi connectivity index (χ0n) is 15.0. The van der Waals surface area contributed by atoms with Crippen molar-refractivity contribution >= 4 is 17.5 Å². The van der Waals surface area contributed by atoms with Crippen molar-refractivity contribution in [2.24, 2.45) is 5.92 Å². The van der Waals surface area contributed by atoms with Crippen molar-refractivity contribution in [3.05, 3.63) is 65.0 Å². The van der Waals surface area contributed by atoms with Gasteiger partial charge < -0.3 is 10.6 Å². The number of nitrogens with one attached hydrogen (secondary N) is 2. The highest BCUT2D eigenvalue weighted by molar-refractivity contribution is 5.88. The highest BCUT2D eigenvalue weighted by Gasteiger charge is 2.29. The van der Waals surface area contributed by atoms with E-state index < -0.39 is 0 Å². The monoisotopic (exact) mass is 354 g/mol. The van der Waals surface area contributed by atoms with Crippen LogP contribution in [0.25, 0.3) is 0 Å². The molecule has 0 spiro atoms. The molecule has 0 aliphatic heterocycles. The quantitative estimate of drug-likeness (QED) is 0.878. The van der Waals surface area contributed by atoms with E-state index in [9.17, 15) is 14.0 Å². The summed E-state index contributed by atoms with van der Waals surface area (Å²) in [6, 6.07) is 12.1. The molecule has 4 nitrogen and oxygen atoms in total. The van der Waals surface area contributed by atoms with Gasteiger partial charge in [0.15, 0.2) is 0 Å². The van der Waals surface area contributed by atoms with Crippen LogP contribution in [0.1, 0.15) is 43.0 Å². The number of benzene rings is 2. The van der Waals surface area contributed by atoms with Crippen molar-refractivity contribution in [3.63, 3.8) is 0 Å². The van der Waals surface area contributed by atoms with Gasteiger partial charge in [-0.1, -0.05) is 31.2 Å². The Kier molecular flexibility index (Phi) is 5.35. The third kappa shape index (κ3) is 4.10. The molecule has 3 rings (SSSR count). The second-order valence-corrected chi connectivity index (χ2v) is 6.92. The molecule has 0 saturated heterocycles. The number of halogens is 1. The van der Waals surface area contributed by atoms with Crippen molar-refractivity contribution in [1.29, 1.82) is 0 Å². The van der Waals surface area contributed by atoms with Crippen molar-refractivity contribution in [2.45, 2.75) is 39.2 Å². The van der Waals surface area contributed by atoms with Crippen LogP contribution in [0.3, 0.4) is 0 Å². The Morgan fingerprint density at radius 3 is 2.58 bits per heavy atom. The van der Waals surface area contributed by atoms with Gasteiger partial charge in [0.05, 0.1) is 12.5 Å². The molecule has 2 aromatic carbocycles. The van der Waals surface area contributed by atoms with E-state index in [1.165, 1.54) is 13.0 Å². The average Bonchev–Trinajstić information content (AvgIpc) is 2.59. The summed E-state index contributed by atoms with van der Waals surface area (Å²) in [7, 11) is 0. The zero-order valence-corrected chi connectivity index (χ0v) is 15.0. The second-order valence-electron chi connectivity index (χ2n) is 6.92. The lowest BCUT2D eigenvalue weighted by atomic mass is 9.80. The van der Waals surface area contributed by atoms with Gasteiger partial charge >= 0.3 is 0 Å². The maximum Gasteiger partial charge on any atom is 0.224 e. The number of amides is 2. The molecule has 5 heteroatoms. The maximum absolute atomic E-state index is 14.0. The Morgan fingerprint density at radius 2 is 1.88 bits per heavy atom. The van der Waals surface area contributed by atoms with Gasteiger partial charge in [0.25, 0.3) is 0 Å². The summed E-state index contributed by atoms with van der Waals surface area (Å²) in [5.41, 5.74) is 3.17. The molecule has 136 valence electrons. The van der Waals surface area contributed by atoms with Crippen LogP contribution < -0.4 is 10.6 Å². The minimum atomic E-state index is -0.192. The molecule has 0 heterocycles. The minimum absolute atomic E-state index is 0.0914. The van der Waals surface area contributed by atoms with E-state index in [4.69, 9.17) is 0 Å². The standard InChI is InChI=1S/C21H23FN2O2/c1-13-6-11-17-18(4-3-5-19(17)22)21(13)24-20(26)12-15-7-9-16(10-8-15)23-14(2)25/h3-5,7-10,13,21H,6,11-12H2,1-2H3,(H,23,25)(H,24,26)/t13-,21-/m0/s1. The average molecular weight is 354 g/mol. The topological polar surface area (TPSA) is 58.2 Å². The molecule has 2 atom stereocenters. The highest BCUT2D eigenvalue weighted by Crippen LogP contribution is 2.35. The normalized spacial score (nSPS) is 18.7. The first-order valence-electron chi connectivity index (χ1n) is 8.87. The zero-order chi connectivity index (χ0) is 18.7. The number of fused-ring (bicyclic) bond motifs is 1. The first-order chi connectivity index (χ1) is 12.4. The highest BCUT2D eigenvalue weighted by atomic mass is 19.1. The molecule has 0 unspecified atom stereocenters. The Hall–Kier alpha value is -2.69. The maximum atomic E-state index is 14.0. The number of hydrogen-bond acceptors (Lipinski definition) is 2. The molecule has 2 N–H and O–H groups in total. The van der Waals surface area contributed by atoms with Crippen molar-refractivity contribution in [1.82, 2.24) is 5.32 Å². The Balaban J connectivity index is 1.68. The molecule has 2 aromatic rings. The van der Waals surface area contributed by atoms with Crippen LogP contribution in [0.5, 0.6) is 0 Å². The van der Waals surface area contributed by atoms with Crippen LogP contribution in [0.4, 0.5) is 10.1 Å². The van der Waals surface area contributed by atoms with Gasteiger partial charge in [-0.15, -0.1) is 0 Å². The Labute approximate surface area is 152 Å². The molecule has 0 saturated carbocycles. The summed E-state index contributed by atoms with van der Waals surface area (Å²) >= 11 is 0. The van der Waals surface area contributed by atoms with Crippen LogP contribution in [0.2, 0.25) is 0 Å². The summed E-state index contributed by atoms with van der Waals surface area (Å²) < 4.78 is 14.0. The van der Waals surface area contributed by atoms with Crippen LogP contribution in [0.15, 0.2) is 42.5 Å². The van der Waals surface area contributed by atoms with E-state index in [0.29, 0.717) is 12.1 Å².